The minimum Gasteiger partial charge on any atom is -0.289 e. The van der Waals surface area contributed by atoms with Crippen LogP contribution in [0.3, 0.4) is 0 Å². The van der Waals surface area contributed by atoms with Gasteiger partial charge in [0.2, 0.25) is 0 Å². The van der Waals surface area contributed by atoms with Crippen molar-refractivity contribution in [2.45, 2.75) is 0 Å². The minimum absolute atomic E-state index is 0.0615. The fourth-order valence-corrected chi connectivity index (χ4v) is 1.67. The molecular weight excluding hydrogens is 265 g/mol. The molecule has 0 unspecified atom stereocenters. The number of hydrogen-bond donors (Lipinski definition) is 0. The molecule has 5 heteroatoms. The van der Waals surface area contributed by atoms with Crippen molar-refractivity contribution >= 4 is 17.4 Å². The van der Waals surface area contributed by atoms with E-state index in [0.29, 0.717) is 6.07 Å². The monoisotopic (exact) mass is 270 g/mol. The zero-order valence-corrected chi connectivity index (χ0v) is 9.64. The molecule has 0 radical (unpaired) electrons. The molecule has 2 aromatic carbocycles. The van der Waals surface area contributed by atoms with Gasteiger partial charge < -0.3 is 0 Å². The Kier molecular flexibility index (Phi) is 3.39. The molecule has 18 heavy (non-hydrogen) atoms. The summed E-state index contributed by atoms with van der Waals surface area (Å²) >= 11 is 5.53. The van der Waals surface area contributed by atoms with E-state index in [0.717, 1.165) is 24.3 Å². The van der Waals surface area contributed by atoms with Gasteiger partial charge in [-0.05, 0) is 30.3 Å². The van der Waals surface area contributed by atoms with E-state index in [-0.39, 0.29) is 16.1 Å². The van der Waals surface area contributed by atoms with Crippen LogP contribution in [0.1, 0.15) is 15.9 Å². The summed E-state index contributed by atoms with van der Waals surface area (Å²) in [6.45, 7) is 0. The van der Waals surface area contributed by atoms with E-state index in [9.17, 15) is 18.0 Å². The van der Waals surface area contributed by atoms with E-state index in [2.05, 4.69) is 0 Å². The van der Waals surface area contributed by atoms with Gasteiger partial charge in [-0.25, -0.2) is 13.2 Å². The summed E-state index contributed by atoms with van der Waals surface area (Å²) in [5.41, 5.74) is -0.0958. The van der Waals surface area contributed by atoms with E-state index < -0.39 is 23.2 Å². The number of benzene rings is 2. The van der Waals surface area contributed by atoms with Crippen LogP contribution in [0.25, 0.3) is 0 Å². The van der Waals surface area contributed by atoms with Crippen molar-refractivity contribution in [1.82, 2.24) is 0 Å². The summed E-state index contributed by atoms with van der Waals surface area (Å²) in [5.74, 6) is -3.01. The van der Waals surface area contributed by atoms with Gasteiger partial charge in [-0.2, -0.15) is 0 Å². The lowest BCUT2D eigenvalue weighted by Gasteiger charge is -2.03. The Morgan fingerprint density at radius 2 is 1.50 bits per heavy atom. The molecule has 2 aromatic rings. The molecule has 0 saturated carbocycles. The molecule has 0 amide bonds. The second kappa shape index (κ2) is 4.82. The van der Waals surface area contributed by atoms with Crippen molar-refractivity contribution in [2.75, 3.05) is 0 Å². The Balaban J connectivity index is 2.44. The minimum atomic E-state index is -0.855. The summed E-state index contributed by atoms with van der Waals surface area (Å²) in [5, 5.41) is -0.224. The summed E-state index contributed by atoms with van der Waals surface area (Å²) in [7, 11) is 0. The fourth-order valence-electron chi connectivity index (χ4n) is 1.49. The quantitative estimate of drug-likeness (QED) is 0.754. The maximum Gasteiger partial charge on any atom is 0.193 e. The van der Waals surface area contributed by atoms with E-state index >= 15 is 0 Å². The highest BCUT2D eigenvalue weighted by Gasteiger charge is 2.13. The molecule has 0 aliphatic rings. The Hall–Kier alpha value is -1.81. The van der Waals surface area contributed by atoms with Crippen LogP contribution in [-0.4, -0.2) is 5.78 Å². The molecule has 1 nitrogen and oxygen atoms in total. The fraction of sp³-hybridized carbons (Fsp3) is 0. The average Bonchev–Trinajstić information content (AvgIpc) is 2.30. The molecule has 0 bridgehead atoms. The standard InChI is InChI=1S/C13H6ClF3O/c14-11-5-7(1-2-12(11)17)13(18)8-3-9(15)6-10(16)4-8/h1-6H. The predicted octanol–water partition coefficient (Wildman–Crippen LogP) is 3.99. The first-order valence-electron chi connectivity index (χ1n) is 4.93. The van der Waals surface area contributed by atoms with Gasteiger partial charge in [0.1, 0.15) is 17.5 Å². The summed E-state index contributed by atoms with van der Waals surface area (Å²) in [6, 6.07) is 5.80. The molecule has 0 aromatic heterocycles. The third-order valence-corrected chi connectivity index (χ3v) is 2.60. The molecule has 0 N–H and O–H groups in total. The maximum absolute atomic E-state index is 13.0. The number of ketones is 1. The average molecular weight is 271 g/mol. The van der Waals surface area contributed by atoms with Crippen molar-refractivity contribution in [3.05, 3.63) is 70.0 Å². The lowest BCUT2D eigenvalue weighted by Crippen LogP contribution is -2.03. The number of halogens is 4. The molecule has 0 atom stereocenters. The second-order valence-corrected chi connectivity index (χ2v) is 4.02. The number of rotatable bonds is 2. The van der Waals surface area contributed by atoms with Gasteiger partial charge >= 0.3 is 0 Å². The maximum atomic E-state index is 13.0. The second-order valence-electron chi connectivity index (χ2n) is 3.62. The van der Waals surface area contributed by atoms with E-state index in [4.69, 9.17) is 11.6 Å². The lowest BCUT2D eigenvalue weighted by molar-refractivity contribution is 0.103. The summed E-state index contributed by atoms with van der Waals surface area (Å²) in [4.78, 5) is 11.9. The topological polar surface area (TPSA) is 17.1 Å². The van der Waals surface area contributed by atoms with Crippen LogP contribution in [0.4, 0.5) is 13.2 Å². The largest absolute Gasteiger partial charge is 0.289 e. The molecule has 0 saturated heterocycles. The van der Waals surface area contributed by atoms with Crippen LogP contribution in [-0.2, 0) is 0 Å². The Morgan fingerprint density at radius 1 is 0.889 bits per heavy atom. The van der Waals surface area contributed by atoms with Gasteiger partial charge in [-0.15, -0.1) is 0 Å². The first-order valence-corrected chi connectivity index (χ1v) is 5.31. The molecule has 0 spiro atoms. The van der Waals surface area contributed by atoms with Crippen molar-refractivity contribution in [2.24, 2.45) is 0 Å². The molecule has 0 fully saturated rings. The molecule has 0 aliphatic carbocycles. The normalized spacial score (nSPS) is 10.4. The first kappa shape index (κ1) is 12.6. The predicted molar refractivity (Wildman–Crippen MR) is 61.2 cm³/mol. The van der Waals surface area contributed by atoms with Gasteiger partial charge in [-0.1, -0.05) is 11.6 Å². The molecule has 0 heterocycles. The van der Waals surface area contributed by atoms with Crippen molar-refractivity contribution in [3.63, 3.8) is 0 Å². The van der Waals surface area contributed by atoms with Crippen LogP contribution in [0.2, 0.25) is 5.02 Å². The molecular formula is C13H6ClF3O. The Bertz CT molecular complexity index is 605. The first-order chi connectivity index (χ1) is 8.47. The van der Waals surface area contributed by atoms with Gasteiger partial charge in [0.15, 0.2) is 5.78 Å². The van der Waals surface area contributed by atoms with Gasteiger partial charge in [0.25, 0.3) is 0 Å². The van der Waals surface area contributed by atoms with Crippen molar-refractivity contribution in [1.29, 1.82) is 0 Å². The van der Waals surface area contributed by atoms with Crippen LogP contribution in [0, 0.1) is 17.5 Å². The van der Waals surface area contributed by atoms with Crippen LogP contribution in [0.5, 0.6) is 0 Å². The highest BCUT2D eigenvalue weighted by atomic mass is 35.5. The zero-order valence-electron chi connectivity index (χ0n) is 8.88. The van der Waals surface area contributed by atoms with Crippen LogP contribution < -0.4 is 0 Å². The molecule has 92 valence electrons. The smallest absolute Gasteiger partial charge is 0.193 e. The highest BCUT2D eigenvalue weighted by molar-refractivity contribution is 6.31. The van der Waals surface area contributed by atoms with E-state index in [1.807, 2.05) is 0 Å². The van der Waals surface area contributed by atoms with Gasteiger partial charge in [0, 0.05) is 17.2 Å². The molecule has 2 rings (SSSR count). The number of carbonyl (C=O) groups is 1. The summed E-state index contributed by atoms with van der Waals surface area (Å²) in [6.07, 6.45) is 0. The molecule has 0 aliphatic heterocycles. The van der Waals surface area contributed by atoms with Crippen LogP contribution in [0.15, 0.2) is 36.4 Å². The van der Waals surface area contributed by atoms with E-state index in [1.165, 1.54) is 6.07 Å². The third kappa shape index (κ3) is 2.54. The van der Waals surface area contributed by atoms with Gasteiger partial charge in [0.05, 0.1) is 5.02 Å². The number of hydrogen-bond acceptors (Lipinski definition) is 1. The van der Waals surface area contributed by atoms with Gasteiger partial charge in [-0.3, -0.25) is 4.79 Å². The third-order valence-electron chi connectivity index (χ3n) is 2.31. The number of carbonyl (C=O) groups excluding carboxylic acids is 1. The van der Waals surface area contributed by atoms with Crippen molar-refractivity contribution in [3.8, 4) is 0 Å². The highest BCUT2D eigenvalue weighted by Crippen LogP contribution is 2.19. The Morgan fingerprint density at radius 3 is 2.06 bits per heavy atom. The zero-order chi connectivity index (χ0) is 13.3. The lowest BCUT2D eigenvalue weighted by atomic mass is 10.0. The Labute approximate surface area is 106 Å². The summed E-state index contributed by atoms with van der Waals surface area (Å²) < 4.78 is 38.9. The van der Waals surface area contributed by atoms with Crippen molar-refractivity contribution < 1.29 is 18.0 Å². The SMILES string of the molecule is O=C(c1cc(F)cc(F)c1)c1ccc(F)c(Cl)c1. The van der Waals surface area contributed by atoms with Crippen LogP contribution >= 0.6 is 11.6 Å². The van der Waals surface area contributed by atoms with E-state index in [1.54, 1.807) is 0 Å².